The summed E-state index contributed by atoms with van der Waals surface area (Å²) in [5.74, 6) is -0.428. The molecule has 2 fully saturated rings. The third-order valence-electron chi connectivity index (χ3n) is 3.85. The van der Waals surface area contributed by atoms with Crippen LogP contribution in [0.2, 0.25) is 0 Å². The number of anilines is 1. The molecule has 1 aromatic heterocycles. The smallest absolute Gasteiger partial charge is 0.337 e. The summed E-state index contributed by atoms with van der Waals surface area (Å²) in [4.78, 5) is 30.9. The SMILES string of the molecule is O=C(O)c1cncc(N2CCN(C(=O)C3CC3)CC2)c1. The van der Waals surface area contributed by atoms with E-state index in [0.717, 1.165) is 31.6 Å². The van der Waals surface area contributed by atoms with Crippen LogP contribution >= 0.6 is 0 Å². The number of amides is 1. The van der Waals surface area contributed by atoms with Crippen molar-refractivity contribution in [1.82, 2.24) is 9.88 Å². The summed E-state index contributed by atoms with van der Waals surface area (Å²) in [5.41, 5.74) is 1.00. The first-order chi connectivity index (χ1) is 9.65. The van der Waals surface area contributed by atoms with E-state index in [1.54, 1.807) is 12.3 Å². The normalized spacial score (nSPS) is 19.0. The number of rotatable bonds is 3. The van der Waals surface area contributed by atoms with Crippen LogP contribution in [0, 0.1) is 5.92 Å². The predicted molar refractivity (Wildman–Crippen MR) is 72.7 cm³/mol. The molecule has 3 rings (SSSR count). The standard InChI is InChI=1S/C14H17N3O3/c18-13(10-1-2-10)17-5-3-16(4-6-17)12-7-11(14(19)20)8-15-9-12/h7-10H,1-6H2,(H,19,20). The molecule has 6 nitrogen and oxygen atoms in total. The van der Waals surface area contributed by atoms with Crippen molar-refractivity contribution in [2.75, 3.05) is 31.1 Å². The fraction of sp³-hybridized carbons (Fsp3) is 0.500. The van der Waals surface area contributed by atoms with Crippen LogP contribution in [0.1, 0.15) is 23.2 Å². The summed E-state index contributed by atoms with van der Waals surface area (Å²) in [7, 11) is 0. The number of carboxylic acids is 1. The van der Waals surface area contributed by atoms with Gasteiger partial charge in [0.05, 0.1) is 17.4 Å². The molecule has 1 amide bonds. The summed E-state index contributed by atoms with van der Waals surface area (Å²) < 4.78 is 0. The predicted octanol–water partition coefficient (Wildman–Crippen LogP) is 0.838. The highest BCUT2D eigenvalue weighted by atomic mass is 16.4. The zero-order valence-corrected chi connectivity index (χ0v) is 11.2. The Morgan fingerprint density at radius 1 is 1.15 bits per heavy atom. The second-order valence-electron chi connectivity index (χ2n) is 5.32. The maximum absolute atomic E-state index is 12.0. The van der Waals surface area contributed by atoms with Crippen molar-refractivity contribution in [1.29, 1.82) is 0 Å². The fourth-order valence-corrected chi connectivity index (χ4v) is 2.49. The van der Waals surface area contributed by atoms with E-state index >= 15 is 0 Å². The molecule has 0 unspecified atom stereocenters. The Hall–Kier alpha value is -2.11. The van der Waals surface area contributed by atoms with E-state index in [2.05, 4.69) is 9.88 Å². The van der Waals surface area contributed by atoms with Gasteiger partial charge in [0.25, 0.3) is 0 Å². The van der Waals surface area contributed by atoms with Crippen molar-refractivity contribution in [3.8, 4) is 0 Å². The molecule has 1 aliphatic carbocycles. The molecule has 6 heteroatoms. The van der Waals surface area contributed by atoms with E-state index < -0.39 is 5.97 Å². The van der Waals surface area contributed by atoms with Gasteiger partial charge in [-0.1, -0.05) is 0 Å². The van der Waals surface area contributed by atoms with Crippen molar-refractivity contribution in [2.45, 2.75) is 12.8 Å². The number of aromatic carboxylic acids is 1. The highest BCUT2D eigenvalue weighted by Crippen LogP contribution is 2.31. The Bertz CT molecular complexity index is 534. The molecule has 0 bridgehead atoms. The van der Waals surface area contributed by atoms with Gasteiger partial charge in [-0.25, -0.2) is 4.79 Å². The number of carbonyl (C=O) groups is 2. The number of hydrogen-bond acceptors (Lipinski definition) is 4. The Balaban J connectivity index is 1.64. The van der Waals surface area contributed by atoms with Crippen LogP contribution in [0.15, 0.2) is 18.5 Å². The maximum Gasteiger partial charge on any atom is 0.337 e. The minimum atomic E-state index is -0.970. The second-order valence-corrected chi connectivity index (χ2v) is 5.32. The lowest BCUT2D eigenvalue weighted by molar-refractivity contribution is -0.132. The summed E-state index contributed by atoms with van der Waals surface area (Å²) in [5, 5.41) is 8.98. The quantitative estimate of drug-likeness (QED) is 0.884. The number of nitrogens with zero attached hydrogens (tertiary/aromatic N) is 3. The molecule has 2 aliphatic rings. The van der Waals surface area contributed by atoms with Gasteiger partial charge in [0.2, 0.25) is 5.91 Å². The van der Waals surface area contributed by atoms with E-state index in [4.69, 9.17) is 5.11 Å². The highest BCUT2D eigenvalue weighted by Gasteiger charge is 2.34. The average Bonchev–Trinajstić information content (AvgIpc) is 3.31. The number of aromatic nitrogens is 1. The van der Waals surface area contributed by atoms with Gasteiger partial charge < -0.3 is 14.9 Å². The third kappa shape index (κ3) is 2.59. The molecule has 1 saturated carbocycles. The first-order valence-electron chi connectivity index (χ1n) is 6.87. The van der Waals surface area contributed by atoms with Crippen molar-refractivity contribution in [3.05, 3.63) is 24.0 Å². The number of carboxylic acid groups (broad SMARTS) is 1. The highest BCUT2D eigenvalue weighted by molar-refractivity contribution is 5.88. The minimum Gasteiger partial charge on any atom is -0.478 e. The van der Waals surface area contributed by atoms with E-state index in [0.29, 0.717) is 13.1 Å². The first-order valence-corrected chi connectivity index (χ1v) is 6.87. The van der Waals surface area contributed by atoms with Gasteiger partial charge in [0.15, 0.2) is 0 Å². The molecule has 1 aliphatic heterocycles. The van der Waals surface area contributed by atoms with Crippen LogP contribution in [0.3, 0.4) is 0 Å². The van der Waals surface area contributed by atoms with Gasteiger partial charge in [-0.3, -0.25) is 9.78 Å². The fourth-order valence-electron chi connectivity index (χ4n) is 2.49. The molecule has 1 N–H and O–H groups in total. The molecule has 1 saturated heterocycles. The van der Waals surface area contributed by atoms with E-state index in [-0.39, 0.29) is 17.4 Å². The van der Waals surface area contributed by atoms with Gasteiger partial charge in [-0.2, -0.15) is 0 Å². The first kappa shape index (κ1) is 12.9. The molecule has 0 radical (unpaired) electrons. The lowest BCUT2D eigenvalue weighted by atomic mass is 10.2. The van der Waals surface area contributed by atoms with Crippen LogP contribution in [-0.2, 0) is 4.79 Å². The van der Waals surface area contributed by atoms with Crippen LogP contribution in [-0.4, -0.2) is 53.0 Å². The lowest BCUT2D eigenvalue weighted by Crippen LogP contribution is -2.49. The number of pyridine rings is 1. The van der Waals surface area contributed by atoms with E-state index in [1.807, 2.05) is 4.90 Å². The van der Waals surface area contributed by atoms with E-state index in [1.165, 1.54) is 6.20 Å². The average molecular weight is 275 g/mol. The Kier molecular flexibility index (Phi) is 3.30. The molecule has 106 valence electrons. The van der Waals surface area contributed by atoms with Crippen LogP contribution < -0.4 is 4.90 Å². The Morgan fingerprint density at radius 2 is 1.85 bits per heavy atom. The summed E-state index contributed by atoms with van der Waals surface area (Å²) in [6.45, 7) is 2.85. The van der Waals surface area contributed by atoms with Gasteiger partial charge in [-0.15, -0.1) is 0 Å². The topological polar surface area (TPSA) is 73.7 Å². The molecule has 2 heterocycles. The largest absolute Gasteiger partial charge is 0.478 e. The monoisotopic (exact) mass is 275 g/mol. The summed E-state index contributed by atoms with van der Waals surface area (Å²) in [6, 6.07) is 1.63. The van der Waals surface area contributed by atoms with Crippen LogP contribution in [0.4, 0.5) is 5.69 Å². The Morgan fingerprint density at radius 3 is 2.45 bits per heavy atom. The Labute approximate surface area is 117 Å². The van der Waals surface area contributed by atoms with Gasteiger partial charge in [-0.05, 0) is 18.9 Å². The zero-order valence-electron chi connectivity index (χ0n) is 11.2. The van der Waals surface area contributed by atoms with Crippen molar-refractivity contribution in [2.24, 2.45) is 5.92 Å². The van der Waals surface area contributed by atoms with Gasteiger partial charge >= 0.3 is 5.97 Å². The minimum absolute atomic E-state index is 0.194. The van der Waals surface area contributed by atoms with Crippen molar-refractivity contribution < 1.29 is 14.7 Å². The number of hydrogen-bond donors (Lipinski definition) is 1. The second kappa shape index (κ2) is 5.11. The molecule has 0 atom stereocenters. The van der Waals surface area contributed by atoms with Crippen molar-refractivity contribution >= 4 is 17.6 Å². The number of piperazine rings is 1. The lowest BCUT2D eigenvalue weighted by Gasteiger charge is -2.36. The molecule has 1 aromatic rings. The molecule has 20 heavy (non-hydrogen) atoms. The molecular formula is C14H17N3O3. The zero-order chi connectivity index (χ0) is 14.1. The van der Waals surface area contributed by atoms with Crippen LogP contribution in [0.5, 0.6) is 0 Å². The summed E-state index contributed by atoms with van der Waals surface area (Å²) in [6.07, 6.45) is 5.08. The number of carbonyl (C=O) groups excluding carboxylic acids is 1. The molecule has 0 aromatic carbocycles. The van der Waals surface area contributed by atoms with Gasteiger partial charge in [0.1, 0.15) is 0 Å². The molecule has 0 spiro atoms. The van der Waals surface area contributed by atoms with Crippen molar-refractivity contribution in [3.63, 3.8) is 0 Å². The maximum atomic E-state index is 12.0. The van der Waals surface area contributed by atoms with Gasteiger partial charge in [0, 0.05) is 38.3 Å². The molecular weight excluding hydrogens is 258 g/mol. The van der Waals surface area contributed by atoms with E-state index in [9.17, 15) is 9.59 Å². The third-order valence-corrected chi connectivity index (χ3v) is 3.85. The van der Waals surface area contributed by atoms with Crippen LogP contribution in [0.25, 0.3) is 0 Å². The summed E-state index contributed by atoms with van der Waals surface area (Å²) >= 11 is 0.